The lowest BCUT2D eigenvalue weighted by Crippen LogP contribution is -2.51. The number of nitrogens with zero attached hydrogens (tertiary/aromatic N) is 3. The van der Waals surface area contributed by atoms with Gasteiger partial charge in [-0.3, -0.25) is 9.98 Å². The first kappa shape index (κ1) is 22.7. The van der Waals surface area contributed by atoms with Gasteiger partial charge in [-0.05, 0) is 49.9 Å². The van der Waals surface area contributed by atoms with Crippen LogP contribution in [0.1, 0.15) is 24.1 Å². The second kappa shape index (κ2) is 11.5. The van der Waals surface area contributed by atoms with Crippen molar-refractivity contribution >= 4 is 47.2 Å². The molecular weight excluding hydrogens is 485 g/mol. The number of benzene rings is 1. The third-order valence-corrected chi connectivity index (χ3v) is 5.18. The molecule has 1 aliphatic rings. The van der Waals surface area contributed by atoms with Crippen LogP contribution in [0.15, 0.2) is 47.6 Å². The van der Waals surface area contributed by atoms with Crippen LogP contribution in [0.3, 0.4) is 0 Å². The minimum Gasteiger partial charge on any atom is -0.368 e. The first-order valence-corrected chi connectivity index (χ1v) is 9.91. The summed E-state index contributed by atoms with van der Waals surface area (Å²) in [5.74, 6) is 0.848. The number of piperidine rings is 1. The zero-order chi connectivity index (χ0) is 19.1. The quantitative estimate of drug-likeness (QED) is 0.360. The molecule has 2 aromatic rings. The number of aromatic nitrogens is 1. The number of halogens is 2. The second-order valence-corrected chi connectivity index (χ2v) is 7.34. The van der Waals surface area contributed by atoms with E-state index in [0.29, 0.717) is 6.04 Å². The normalized spacial score (nSPS) is 17.0. The van der Waals surface area contributed by atoms with E-state index in [4.69, 9.17) is 11.6 Å². The lowest BCUT2D eigenvalue weighted by atomic mass is 10.0. The van der Waals surface area contributed by atoms with Gasteiger partial charge in [-0.15, -0.1) is 24.0 Å². The number of hydrogen-bond donors (Lipinski definition) is 2. The fourth-order valence-electron chi connectivity index (χ4n) is 3.38. The van der Waals surface area contributed by atoms with Crippen molar-refractivity contribution in [3.63, 3.8) is 0 Å². The Kier molecular flexibility index (Phi) is 9.31. The van der Waals surface area contributed by atoms with E-state index in [2.05, 4.69) is 37.6 Å². The van der Waals surface area contributed by atoms with Gasteiger partial charge in [0.2, 0.25) is 0 Å². The maximum Gasteiger partial charge on any atom is 0.191 e. The molecule has 5 nitrogen and oxygen atoms in total. The Bertz CT molecular complexity index is 766. The first-order valence-electron chi connectivity index (χ1n) is 9.54. The molecule has 1 unspecified atom stereocenters. The van der Waals surface area contributed by atoms with Crippen LogP contribution in [0.5, 0.6) is 0 Å². The Morgan fingerprint density at radius 1 is 1.29 bits per heavy atom. The monoisotopic (exact) mass is 513 g/mol. The molecule has 1 aromatic heterocycles. The number of guanidine groups is 1. The van der Waals surface area contributed by atoms with Gasteiger partial charge in [-0.1, -0.05) is 29.8 Å². The van der Waals surface area contributed by atoms with Gasteiger partial charge in [-0.25, -0.2) is 0 Å². The van der Waals surface area contributed by atoms with Crippen LogP contribution >= 0.6 is 35.6 Å². The number of pyridine rings is 1. The summed E-state index contributed by atoms with van der Waals surface area (Å²) >= 11 is 6.37. The molecule has 2 N–H and O–H groups in total. The van der Waals surface area contributed by atoms with E-state index in [0.717, 1.165) is 61.3 Å². The predicted molar refractivity (Wildman–Crippen MR) is 129 cm³/mol. The molecule has 1 aliphatic heterocycles. The summed E-state index contributed by atoms with van der Waals surface area (Å²) in [5, 5.41) is 7.78. The molecule has 0 bridgehead atoms. The summed E-state index contributed by atoms with van der Waals surface area (Å²) in [5.41, 5.74) is 3.39. The first-order chi connectivity index (χ1) is 13.2. The van der Waals surface area contributed by atoms with Crippen molar-refractivity contribution in [2.75, 3.05) is 31.6 Å². The molecule has 7 heteroatoms. The predicted octanol–water partition coefficient (Wildman–Crippen LogP) is 4.04. The SMILES string of the molecule is CN=C(NCCc1ccc(C)nc1)NC1CCCN(c2ccccc2Cl)C1.I. The highest BCUT2D eigenvalue weighted by Crippen LogP contribution is 2.27. The molecule has 2 heterocycles. The number of anilines is 1. The fraction of sp³-hybridized carbons (Fsp3) is 0.429. The summed E-state index contributed by atoms with van der Waals surface area (Å²) in [4.78, 5) is 11.1. The van der Waals surface area contributed by atoms with Crippen LogP contribution < -0.4 is 15.5 Å². The fourth-order valence-corrected chi connectivity index (χ4v) is 3.64. The topological polar surface area (TPSA) is 52.6 Å². The van der Waals surface area contributed by atoms with Crippen molar-refractivity contribution in [1.29, 1.82) is 0 Å². The average molecular weight is 514 g/mol. The van der Waals surface area contributed by atoms with Gasteiger partial charge in [0.25, 0.3) is 0 Å². The molecule has 0 radical (unpaired) electrons. The number of aryl methyl sites for hydroxylation is 1. The van der Waals surface area contributed by atoms with Crippen molar-refractivity contribution in [3.8, 4) is 0 Å². The highest BCUT2D eigenvalue weighted by atomic mass is 127. The van der Waals surface area contributed by atoms with Gasteiger partial charge in [0.1, 0.15) is 0 Å². The van der Waals surface area contributed by atoms with E-state index in [9.17, 15) is 0 Å². The largest absolute Gasteiger partial charge is 0.368 e. The molecule has 1 atom stereocenters. The van der Waals surface area contributed by atoms with Gasteiger partial charge in [0.15, 0.2) is 5.96 Å². The second-order valence-electron chi connectivity index (χ2n) is 6.94. The minimum atomic E-state index is 0. The highest BCUT2D eigenvalue weighted by Gasteiger charge is 2.22. The smallest absolute Gasteiger partial charge is 0.191 e. The van der Waals surface area contributed by atoms with E-state index in [1.54, 1.807) is 0 Å². The zero-order valence-electron chi connectivity index (χ0n) is 16.5. The Hall–Kier alpha value is -1.54. The van der Waals surface area contributed by atoms with Gasteiger partial charge < -0.3 is 15.5 Å². The summed E-state index contributed by atoms with van der Waals surface area (Å²) < 4.78 is 0. The van der Waals surface area contributed by atoms with Crippen LogP contribution in [-0.2, 0) is 6.42 Å². The molecule has 0 saturated carbocycles. The molecule has 28 heavy (non-hydrogen) atoms. The molecule has 1 aromatic carbocycles. The van der Waals surface area contributed by atoms with Crippen molar-refractivity contribution in [2.45, 2.75) is 32.2 Å². The maximum atomic E-state index is 6.37. The maximum absolute atomic E-state index is 6.37. The number of para-hydroxylation sites is 1. The Balaban J connectivity index is 0.00000280. The molecule has 0 spiro atoms. The van der Waals surface area contributed by atoms with E-state index in [1.807, 2.05) is 44.4 Å². The van der Waals surface area contributed by atoms with E-state index >= 15 is 0 Å². The molecule has 1 saturated heterocycles. The van der Waals surface area contributed by atoms with Gasteiger partial charge in [0, 0.05) is 44.6 Å². The van der Waals surface area contributed by atoms with E-state index in [-0.39, 0.29) is 24.0 Å². The summed E-state index contributed by atoms with van der Waals surface area (Å²) in [6.07, 6.45) is 5.12. The summed E-state index contributed by atoms with van der Waals surface area (Å²) in [6.45, 7) is 4.79. The van der Waals surface area contributed by atoms with Gasteiger partial charge in [0.05, 0.1) is 10.7 Å². The molecule has 152 valence electrons. The Labute approximate surface area is 190 Å². The number of aliphatic imine (C=N–C) groups is 1. The Morgan fingerprint density at radius 2 is 2.11 bits per heavy atom. The van der Waals surface area contributed by atoms with Gasteiger partial charge in [-0.2, -0.15) is 0 Å². The zero-order valence-corrected chi connectivity index (χ0v) is 19.6. The minimum absolute atomic E-state index is 0. The summed E-state index contributed by atoms with van der Waals surface area (Å²) in [7, 11) is 1.82. The number of rotatable bonds is 5. The van der Waals surface area contributed by atoms with Crippen LogP contribution in [-0.4, -0.2) is 43.7 Å². The van der Waals surface area contributed by atoms with Crippen LogP contribution in [0, 0.1) is 6.92 Å². The lowest BCUT2D eigenvalue weighted by molar-refractivity contribution is 0.468. The van der Waals surface area contributed by atoms with Crippen molar-refractivity contribution in [2.24, 2.45) is 4.99 Å². The third kappa shape index (κ3) is 6.51. The Morgan fingerprint density at radius 3 is 2.82 bits per heavy atom. The van der Waals surface area contributed by atoms with Crippen molar-refractivity contribution in [1.82, 2.24) is 15.6 Å². The molecule has 1 fully saturated rings. The standard InChI is InChI=1S/C21H28ClN5.HI/c1-16-9-10-17(14-25-16)11-12-24-21(23-2)26-18-6-5-13-27(15-18)20-8-4-3-7-19(20)22;/h3-4,7-10,14,18H,5-6,11-13,15H2,1-2H3,(H2,23,24,26);1H. The molecule has 3 rings (SSSR count). The van der Waals surface area contributed by atoms with E-state index in [1.165, 1.54) is 5.56 Å². The van der Waals surface area contributed by atoms with E-state index < -0.39 is 0 Å². The molecule has 0 aliphatic carbocycles. The van der Waals surface area contributed by atoms with Gasteiger partial charge >= 0.3 is 0 Å². The summed E-state index contributed by atoms with van der Waals surface area (Å²) in [6, 6.07) is 12.6. The number of nitrogens with one attached hydrogen (secondary N) is 2. The average Bonchev–Trinajstić information content (AvgIpc) is 2.69. The molecular formula is C21H29ClIN5. The van der Waals surface area contributed by atoms with Crippen molar-refractivity contribution < 1.29 is 0 Å². The van der Waals surface area contributed by atoms with Crippen LogP contribution in [0.4, 0.5) is 5.69 Å². The highest BCUT2D eigenvalue weighted by molar-refractivity contribution is 14.0. The van der Waals surface area contributed by atoms with Crippen LogP contribution in [0.2, 0.25) is 5.02 Å². The molecule has 0 amide bonds. The lowest BCUT2D eigenvalue weighted by Gasteiger charge is -2.35. The number of hydrogen-bond acceptors (Lipinski definition) is 3. The third-order valence-electron chi connectivity index (χ3n) is 4.86. The van der Waals surface area contributed by atoms with Crippen LogP contribution in [0.25, 0.3) is 0 Å². The van der Waals surface area contributed by atoms with Crippen molar-refractivity contribution in [3.05, 3.63) is 58.9 Å².